The summed E-state index contributed by atoms with van der Waals surface area (Å²) in [6.45, 7) is 3.80. The van der Waals surface area contributed by atoms with Gasteiger partial charge in [0, 0.05) is 45.1 Å². The number of allylic oxidation sites excluding steroid dienone is 4. The van der Waals surface area contributed by atoms with Gasteiger partial charge in [0.25, 0.3) is 11.4 Å². The second kappa shape index (κ2) is 12.0. The summed E-state index contributed by atoms with van der Waals surface area (Å²) in [4.78, 5) is 33.4. The number of aromatic nitrogens is 2. The van der Waals surface area contributed by atoms with Crippen molar-refractivity contribution in [2.45, 2.75) is 36.5 Å². The third kappa shape index (κ3) is 6.01. The molecule has 2 aromatic carbocycles. The highest BCUT2D eigenvalue weighted by Gasteiger charge is 2.24. The molecule has 8 nitrogen and oxygen atoms in total. The van der Waals surface area contributed by atoms with Crippen molar-refractivity contribution in [3.8, 4) is 21.1 Å². The van der Waals surface area contributed by atoms with E-state index in [0.29, 0.717) is 34.0 Å². The number of thiazole rings is 2. The number of nitrogens with zero attached hydrogens (tertiary/aromatic N) is 4. The lowest BCUT2D eigenvalue weighted by molar-refractivity contribution is -0.384. The van der Waals surface area contributed by atoms with Crippen molar-refractivity contribution in [2.24, 2.45) is 0 Å². The molecule has 2 heterocycles. The summed E-state index contributed by atoms with van der Waals surface area (Å²) in [5.74, 6) is 0. The fourth-order valence-electron chi connectivity index (χ4n) is 3.70. The highest BCUT2D eigenvalue weighted by atomic mass is 32.2. The molecule has 4 rings (SSSR count). The van der Waals surface area contributed by atoms with E-state index in [1.54, 1.807) is 35.3 Å². The minimum Gasteiger partial charge on any atom is -0.258 e. The molecular formula is C26H22N4O4S3. The average Bonchev–Trinajstić information content (AvgIpc) is 3.61. The van der Waals surface area contributed by atoms with Gasteiger partial charge in [0.15, 0.2) is 0 Å². The predicted molar refractivity (Wildman–Crippen MR) is 150 cm³/mol. The minimum absolute atomic E-state index is 0.000108. The largest absolute Gasteiger partial charge is 0.279 e. The van der Waals surface area contributed by atoms with Gasteiger partial charge in [-0.1, -0.05) is 36.1 Å². The normalized spacial score (nSPS) is 11.5. The van der Waals surface area contributed by atoms with E-state index in [1.807, 2.05) is 50.3 Å². The maximum absolute atomic E-state index is 11.9. The second-order valence-corrected chi connectivity index (χ2v) is 10.7. The maximum Gasteiger partial charge on any atom is 0.279 e. The van der Waals surface area contributed by atoms with Gasteiger partial charge in [0.2, 0.25) is 0 Å². The summed E-state index contributed by atoms with van der Waals surface area (Å²) >= 11 is 4.12. The quantitative estimate of drug-likeness (QED) is 0.111. The van der Waals surface area contributed by atoms with Crippen LogP contribution < -0.4 is 0 Å². The molecule has 0 aliphatic rings. The Kier molecular flexibility index (Phi) is 8.59. The first-order valence-electron chi connectivity index (χ1n) is 11.3. The third-order valence-corrected chi connectivity index (χ3v) is 8.26. The molecule has 0 radical (unpaired) electrons. The molecule has 0 amide bonds. The first kappa shape index (κ1) is 26.4. The second-order valence-electron chi connectivity index (χ2n) is 7.79. The first-order valence-corrected chi connectivity index (χ1v) is 13.8. The van der Waals surface area contributed by atoms with Gasteiger partial charge in [-0.05, 0) is 49.9 Å². The van der Waals surface area contributed by atoms with E-state index in [1.165, 1.54) is 34.4 Å². The molecular weight excluding hydrogens is 529 g/mol. The van der Waals surface area contributed by atoms with E-state index in [9.17, 15) is 20.2 Å². The Morgan fingerprint density at radius 2 is 1.22 bits per heavy atom. The molecule has 0 fully saturated rings. The fraction of sp³-hybridized carbons (Fsp3) is 0.154. The minimum atomic E-state index is -0.381. The zero-order chi connectivity index (χ0) is 26.4. The Morgan fingerprint density at radius 3 is 1.54 bits per heavy atom. The Hall–Kier alpha value is -3.67. The Morgan fingerprint density at radius 1 is 0.784 bits per heavy atom. The standard InChI is InChI=1S/C26H22N4O4S3/c1-3-5-7-17-13-21(29(31)32)19(25-27-9-11-35-25)15-23(17)37-24-16-20(26-28-10-12-36-26)22(30(33)34)14-18(24)8-6-4-2/h3-6,9-16H,7-8H2,1-2H3/b5-3+,6-4+. The van der Waals surface area contributed by atoms with Crippen LogP contribution in [-0.4, -0.2) is 19.8 Å². The van der Waals surface area contributed by atoms with Crippen molar-refractivity contribution in [1.82, 2.24) is 9.97 Å². The molecule has 2 aromatic heterocycles. The molecule has 0 atom stereocenters. The lowest BCUT2D eigenvalue weighted by Gasteiger charge is -2.14. The summed E-state index contributed by atoms with van der Waals surface area (Å²) in [6, 6.07) is 6.84. The molecule has 11 heteroatoms. The molecule has 0 bridgehead atoms. The fourth-order valence-corrected chi connectivity index (χ4v) is 6.16. The highest BCUT2D eigenvalue weighted by Crippen LogP contribution is 2.44. The van der Waals surface area contributed by atoms with Crippen LogP contribution in [0.25, 0.3) is 21.1 Å². The predicted octanol–water partition coefficient (Wildman–Crippen LogP) is 8.14. The van der Waals surface area contributed by atoms with E-state index >= 15 is 0 Å². The molecule has 4 aromatic rings. The van der Waals surface area contributed by atoms with Gasteiger partial charge in [0.05, 0.1) is 21.0 Å². The van der Waals surface area contributed by atoms with E-state index in [4.69, 9.17) is 0 Å². The van der Waals surface area contributed by atoms with E-state index in [0.717, 1.165) is 20.9 Å². The summed E-state index contributed by atoms with van der Waals surface area (Å²) in [7, 11) is 0. The molecule has 0 saturated carbocycles. The van der Waals surface area contributed by atoms with E-state index in [-0.39, 0.29) is 21.2 Å². The molecule has 188 valence electrons. The lowest BCUT2D eigenvalue weighted by atomic mass is 10.1. The van der Waals surface area contributed by atoms with Crippen LogP contribution in [0.15, 0.2) is 81.5 Å². The summed E-state index contributed by atoms with van der Waals surface area (Å²) in [6.07, 6.45) is 12.0. The van der Waals surface area contributed by atoms with Crippen LogP contribution >= 0.6 is 34.4 Å². The molecule has 0 spiro atoms. The zero-order valence-electron chi connectivity index (χ0n) is 20.0. The summed E-state index contributed by atoms with van der Waals surface area (Å²) < 4.78 is 0. The van der Waals surface area contributed by atoms with Gasteiger partial charge in [-0.25, -0.2) is 9.97 Å². The van der Waals surface area contributed by atoms with Crippen molar-refractivity contribution in [3.05, 3.63) is 103 Å². The van der Waals surface area contributed by atoms with E-state index in [2.05, 4.69) is 9.97 Å². The maximum atomic E-state index is 11.9. The molecule has 0 N–H and O–H groups in total. The van der Waals surface area contributed by atoms with Crippen molar-refractivity contribution < 1.29 is 9.85 Å². The lowest BCUT2D eigenvalue weighted by Crippen LogP contribution is -1.99. The highest BCUT2D eigenvalue weighted by molar-refractivity contribution is 7.99. The van der Waals surface area contributed by atoms with Gasteiger partial charge in [-0.15, -0.1) is 22.7 Å². The number of hydrogen-bond donors (Lipinski definition) is 0. The molecule has 0 aliphatic heterocycles. The van der Waals surface area contributed by atoms with Gasteiger partial charge in [0.1, 0.15) is 10.0 Å². The molecule has 0 unspecified atom stereocenters. The zero-order valence-corrected chi connectivity index (χ0v) is 22.4. The third-order valence-electron chi connectivity index (χ3n) is 5.44. The Bertz CT molecular complexity index is 1370. The van der Waals surface area contributed by atoms with Crippen molar-refractivity contribution in [3.63, 3.8) is 0 Å². The van der Waals surface area contributed by atoms with Gasteiger partial charge in [-0.3, -0.25) is 20.2 Å². The average molecular weight is 551 g/mol. The van der Waals surface area contributed by atoms with Gasteiger partial charge in [-0.2, -0.15) is 0 Å². The molecule has 0 saturated heterocycles. The smallest absolute Gasteiger partial charge is 0.258 e. The number of benzene rings is 2. The van der Waals surface area contributed by atoms with Crippen LogP contribution in [0.3, 0.4) is 0 Å². The first-order chi connectivity index (χ1) is 17.9. The number of hydrogen-bond acceptors (Lipinski definition) is 9. The SMILES string of the molecule is C/C=C/Cc1cc([N+](=O)[O-])c(-c2nccs2)cc1Sc1cc(-c2nccs2)c([N+](=O)[O-])cc1C/C=C/C. The van der Waals surface area contributed by atoms with Crippen molar-refractivity contribution in [1.29, 1.82) is 0 Å². The Labute approximate surface area is 225 Å². The van der Waals surface area contributed by atoms with Crippen LogP contribution in [0.4, 0.5) is 11.4 Å². The van der Waals surface area contributed by atoms with Crippen LogP contribution in [0, 0.1) is 20.2 Å². The molecule has 0 aliphatic carbocycles. The number of nitro groups is 2. The monoisotopic (exact) mass is 550 g/mol. The topological polar surface area (TPSA) is 112 Å². The Balaban J connectivity index is 1.92. The summed E-state index contributed by atoms with van der Waals surface area (Å²) in [5.41, 5.74) is 2.48. The van der Waals surface area contributed by atoms with Crippen LogP contribution in [0.5, 0.6) is 0 Å². The van der Waals surface area contributed by atoms with Crippen LogP contribution in [-0.2, 0) is 12.8 Å². The van der Waals surface area contributed by atoms with Crippen molar-refractivity contribution in [2.75, 3.05) is 0 Å². The summed E-state index contributed by atoms with van der Waals surface area (Å²) in [5, 5.41) is 28.6. The molecule has 37 heavy (non-hydrogen) atoms. The van der Waals surface area contributed by atoms with Gasteiger partial charge < -0.3 is 0 Å². The van der Waals surface area contributed by atoms with Crippen LogP contribution in [0.1, 0.15) is 25.0 Å². The number of nitro benzene ring substituents is 2. The van der Waals surface area contributed by atoms with Gasteiger partial charge >= 0.3 is 0 Å². The van der Waals surface area contributed by atoms with Crippen LogP contribution in [0.2, 0.25) is 0 Å². The number of rotatable bonds is 10. The van der Waals surface area contributed by atoms with Crippen molar-refractivity contribution >= 4 is 45.8 Å². The van der Waals surface area contributed by atoms with E-state index < -0.39 is 0 Å².